The number of likely N-dealkylation sites (tertiary alicyclic amines) is 1. The van der Waals surface area contributed by atoms with E-state index in [4.69, 9.17) is 4.74 Å². The number of benzene rings is 1. The maximum absolute atomic E-state index is 12.9. The van der Waals surface area contributed by atoms with Gasteiger partial charge in [-0.05, 0) is 56.2 Å². The monoisotopic (exact) mass is 372 g/mol. The summed E-state index contributed by atoms with van der Waals surface area (Å²) in [6.45, 7) is 2.85. The zero-order valence-corrected chi connectivity index (χ0v) is 16.0. The van der Waals surface area contributed by atoms with Crippen LogP contribution in [0.3, 0.4) is 0 Å². The predicted molar refractivity (Wildman–Crippen MR) is 104 cm³/mol. The van der Waals surface area contributed by atoms with E-state index >= 15 is 0 Å². The van der Waals surface area contributed by atoms with Crippen LogP contribution in [0.1, 0.15) is 51.8 Å². The van der Waals surface area contributed by atoms with Crippen molar-refractivity contribution in [3.63, 3.8) is 0 Å². The highest BCUT2D eigenvalue weighted by atomic mass is 32.1. The summed E-state index contributed by atoms with van der Waals surface area (Å²) in [6.07, 6.45) is 4.31. The number of aryl methyl sites for hydroxylation is 1. The van der Waals surface area contributed by atoms with Crippen LogP contribution in [0.4, 0.5) is 10.5 Å². The summed E-state index contributed by atoms with van der Waals surface area (Å²) in [5.41, 5.74) is 1.14. The summed E-state index contributed by atoms with van der Waals surface area (Å²) in [5.74, 6) is -0.386. The first-order valence-corrected chi connectivity index (χ1v) is 9.72. The number of hydrogen-bond donors (Lipinski definition) is 1. The van der Waals surface area contributed by atoms with E-state index in [-0.39, 0.29) is 18.0 Å². The van der Waals surface area contributed by atoms with Gasteiger partial charge in [-0.2, -0.15) is 0 Å². The Kier molecular flexibility index (Phi) is 5.93. The van der Waals surface area contributed by atoms with E-state index in [1.807, 2.05) is 4.90 Å². The highest BCUT2D eigenvalue weighted by Crippen LogP contribution is 2.34. The number of nitrogens with one attached hydrogen (secondary N) is 1. The molecule has 1 atom stereocenters. The summed E-state index contributed by atoms with van der Waals surface area (Å²) in [7, 11) is 1.35. The highest BCUT2D eigenvalue weighted by Gasteiger charge is 2.27. The minimum Gasteiger partial charge on any atom is -0.465 e. The number of amides is 2. The maximum atomic E-state index is 12.9. The van der Waals surface area contributed by atoms with E-state index in [1.165, 1.54) is 16.9 Å². The molecule has 1 aliphatic heterocycles. The van der Waals surface area contributed by atoms with Crippen LogP contribution in [-0.2, 0) is 4.74 Å². The van der Waals surface area contributed by atoms with Crippen LogP contribution in [0.25, 0.3) is 0 Å². The van der Waals surface area contributed by atoms with Crippen LogP contribution >= 0.6 is 11.3 Å². The van der Waals surface area contributed by atoms with E-state index in [2.05, 4.69) is 24.4 Å². The van der Waals surface area contributed by atoms with Gasteiger partial charge in [0.2, 0.25) is 0 Å². The average molecular weight is 372 g/mol. The lowest BCUT2D eigenvalue weighted by molar-refractivity contribution is 0.0600. The quantitative estimate of drug-likeness (QED) is 0.772. The first-order valence-electron chi connectivity index (χ1n) is 8.91. The zero-order chi connectivity index (χ0) is 18.5. The molecule has 1 aliphatic rings. The number of esters is 1. The lowest BCUT2D eigenvalue weighted by Gasteiger charge is -2.29. The molecule has 1 fully saturated rings. The largest absolute Gasteiger partial charge is 0.465 e. The molecule has 0 aliphatic carbocycles. The van der Waals surface area contributed by atoms with Crippen LogP contribution in [0.5, 0.6) is 0 Å². The van der Waals surface area contributed by atoms with Gasteiger partial charge in [-0.3, -0.25) is 0 Å². The fourth-order valence-electron chi connectivity index (χ4n) is 3.28. The molecule has 5 nitrogen and oxygen atoms in total. The smallest absolute Gasteiger partial charge is 0.337 e. The van der Waals surface area contributed by atoms with Gasteiger partial charge < -0.3 is 15.0 Å². The SMILES string of the molecule is COC(=O)c1ccc(NC(=O)N2CCCCC[C@H]2c2ccc(C)s2)cc1. The summed E-state index contributed by atoms with van der Waals surface area (Å²) in [6, 6.07) is 11.1. The molecular formula is C20H24N2O3S. The summed E-state index contributed by atoms with van der Waals surface area (Å²) in [4.78, 5) is 28.9. The van der Waals surface area contributed by atoms with Crippen LogP contribution in [-0.4, -0.2) is 30.6 Å². The van der Waals surface area contributed by atoms with Crippen molar-refractivity contribution < 1.29 is 14.3 Å². The molecule has 26 heavy (non-hydrogen) atoms. The molecule has 0 bridgehead atoms. The van der Waals surface area contributed by atoms with Gasteiger partial charge in [0, 0.05) is 22.0 Å². The molecule has 1 aromatic heterocycles. The Morgan fingerprint density at radius 1 is 1.12 bits per heavy atom. The van der Waals surface area contributed by atoms with E-state index in [9.17, 15) is 9.59 Å². The second-order valence-corrected chi connectivity index (χ2v) is 7.83. The van der Waals surface area contributed by atoms with Crippen LogP contribution in [0.2, 0.25) is 0 Å². The van der Waals surface area contributed by atoms with Gasteiger partial charge in [-0.1, -0.05) is 12.8 Å². The normalized spacial score (nSPS) is 17.5. The van der Waals surface area contributed by atoms with Gasteiger partial charge in [0.1, 0.15) is 0 Å². The van der Waals surface area contributed by atoms with Gasteiger partial charge in [0.05, 0.1) is 18.7 Å². The molecule has 2 amide bonds. The summed E-state index contributed by atoms with van der Waals surface area (Å²) < 4.78 is 4.70. The molecule has 2 aromatic rings. The van der Waals surface area contributed by atoms with Crippen molar-refractivity contribution in [1.82, 2.24) is 4.90 Å². The average Bonchev–Trinajstić information content (AvgIpc) is 2.93. The Morgan fingerprint density at radius 3 is 2.54 bits per heavy atom. The molecule has 0 saturated carbocycles. The molecule has 0 spiro atoms. The lowest BCUT2D eigenvalue weighted by atomic mass is 10.1. The van der Waals surface area contributed by atoms with Gasteiger partial charge in [0.15, 0.2) is 0 Å². The Labute approximate surface area is 158 Å². The van der Waals surface area contributed by atoms with E-state index < -0.39 is 0 Å². The second-order valence-electron chi connectivity index (χ2n) is 6.51. The Balaban J connectivity index is 1.74. The van der Waals surface area contributed by atoms with Gasteiger partial charge in [-0.25, -0.2) is 9.59 Å². The number of methoxy groups -OCH3 is 1. The minimum atomic E-state index is -0.386. The molecule has 1 aromatic carbocycles. The molecular weight excluding hydrogens is 348 g/mol. The van der Waals surface area contributed by atoms with Crippen molar-refractivity contribution in [1.29, 1.82) is 0 Å². The van der Waals surface area contributed by atoms with Crippen molar-refractivity contribution in [2.45, 2.75) is 38.6 Å². The fraction of sp³-hybridized carbons (Fsp3) is 0.400. The number of nitrogens with zero attached hydrogens (tertiary/aromatic N) is 1. The topological polar surface area (TPSA) is 58.6 Å². The number of thiophene rings is 1. The highest BCUT2D eigenvalue weighted by molar-refractivity contribution is 7.12. The molecule has 0 radical (unpaired) electrons. The first kappa shape index (κ1) is 18.5. The molecule has 3 rings (SSSR count). The molecule has 2 heterocycles. The van der Waals surface area contributed by atoms with Crippen LogP contribution < -0.4 is 5.32 Å². The standard InChI is InChI=1S/C20H24N2O3S/c1-14-7-12-18(26-14)17-6-4-3-5-13-22(17)20(24)21-16-10-8-15(9-11-16)19(23)25-2/h7-12,17H,3-6,13H2,1-2H3,(H,21,24)/t17-/m0/s1. The number of anilines is 1. The number of hydrogen-bond acceptors (Lipinski definition) is 4. The molecule has 6 heteroatoms. The van der Waals surface area contributed by atoms with E-state index in [1.54, 1.807) is 35.6 Å². The molecule has 138 valence electrons. The van der Waals surface area contributed by atoms with Gasteiger partial charge in [-0.15, -0.1) is 11.3 Å². The van der Waals surface area contributed by atoms with Crippen molar-refractivity contribution in [2.24, 2.45) is 0 Å². The lowest BCUT2D eigenvalue weighted by Crippen LogP contribution is -2.37. The number of urea groups is 1. The Morgan fingerprint density at radius 2 is 1.88 bits per heavy atom. The summed E-state index contributed by atoms with van der Waals surface area (Å²) in [5, 5.41) is 2.97. The number of ether oxygens (including phenoxy) is 1. The minimum absolute atomic E-state index is 0.0891. The Bertz CT molecular complexity index is 770. The van der Waals surface area contributed by atoms with Crippen molar-refractivity contribution in [3.8, 4) is 0 Å². The predicted octanol–water partition coefficient (Wildman–Crippen LogP) is 4.99. The van der Waals surface area contributed by atoms with E-state index in [0.717, 1.165) is 32.2 Å². The fourth-order valence-corrected chi connectivity index (χ4v) is 4.31. The van der Waals surface area contributed by atoms with Gasteiger partial charge in [0.25, 0.3) is 0 Å². The first-order chi connectivity index (χ1) is 12.6. The van der Waals surface area contributed by atoms with Crippen molar-refractivity contribution >= 4 is 29.0 Å². The third-order valence-electron chi connectivity index (χ3n) is 4.66. The third kappa shape index (κ3) is 4.25. The number of rotatable bonds is 3. The van der Waals surface area contributed by atoms with Crippen LogP contribution in [0, 0.1) is 6.92 Å². The number of carbonyl (C=O) groups is 2. The second kappa shape index (κ2) is 8.36. The zero-order valence-electron chi connectivity index (χ0n) is 15.2. The molecule has 0 unspecified atom stereocenters. The van der Waals surface area contributed by atoms with Crippen molar-refractivity contribution in [2.75, 3.05) is 19.0 Å². The van der Waals surface area contributed by atoms with Crippen molar-refractivity contribution in [3.05, 3.63) is 51.7 Å². The molecule has 1 N–H and O–H groups in total. The molecule has 1 saturated heterocycles. The maximum Gasteiger partial charge on any atom is 0.337 e. The van der Waals surface area contributed by atoms with Crippen LogP contribution in [0.15, 0.2) is 36.4 Å². The number of carbonyl (C=O) groups excluding carboxylic acids is 2. The summed E-state index contributed by atoms with van der Waals surface area (Å²) >= 11 is 1.77. The van der Waals surface area contributed by atoms with Gasteiger partial charge >= 0.3 is 12.0 Å². The third-order valence-corrected chi connectivity index (χ3v) is 5.76. The van der Waals surface area contributed by atoms with E-state index in [0.29, 0.717) is 11.3 Å². The Hall–Kier alpha value is -2.34.